The predicted molar refractivity (Wildman–Crippen MR) is 46.5 cm³/mol. The quantitative estimate of drug-likeness (QED) is 0.621. The zero-order chi connectivity index (χ0) is 12.3. The highest BCUT2D eigenvalue weighted by Gasteiger charge is 2.30. The van der Waals surface area contributed by atoms with Crippen LogP contribution in [0.5, 0.6) is 0 Å². The van der Waals surface area contributed by atoms with Gasteiger partial charge in [-0.15, -0.1) is 0 Å². The Kier molecular flexibility index (Phi) is 3.42. The van der Waals surface area contributed by atoms with Gasteiger partial charge in [-0.1, -0.05) is 0 Å². The van der Waals surface area contributed by atoms with Crippen molar-refractivity contribution in [3.05, 3.63) is 33.1 Å². The van der Waals surface area contributed by atoms with Crippen molar-refractivity contribution in [3.8, 4) is 6.07 Å². The lowest BCUT2D eigenvalue weighted by atomic mass is 10.1. The van der Waals surface area contributed by atoms with Gasteiger partial charge in [-0.05, 0) is 0 Å². The number of hydrogen-bond acceptors (Lipinski definition) is 5. The number of rotatable bonds is 3. The van der Waals surface area contributed by atoms with Gasteiger partial charge in [0, 0.05) is 6.20 Å². The van der Waals surface area contributed by atoms with Crippen LogP contribution in [-0.2, 0) is 6.61 Å². The van der Waals surface area contributed by atoms with Crippen molar-refractivity contribution in [2.45, 2.75) is 13.0 Å². The molecule has 0 saturated heterocycles. The summed E-state index contributed by atoms with van der Waals surface area (Å²) in [6, 6.07) is 1.39. The van der Waals surface area contributed by atoms with Crippen molar-refractivity contribution < 1.29 is 18.8 Å². The normalized spacial score (nSPS) is 10.2. The van der Waals surface area contributed by atoms with E-state index in [4.69, 9.17) is 10.4 Å². The monoisotopic (exact) mass is 229 g/mol. The highest BCUT2D eigenvalue weighted by atomic mass is 19.3. The van der Waals surface area contributed by atoms with Crippen LogP contribution in [0.25, 0.3) is 0 Å². The van der Waals surface area contributed by atoms with Gasteiger partial charge in [0.2, 0.25) is 0 Å². The summed E-state index contributed by atoms with van der Waals surface area (Å²) in [7, 11) is 0. The number of aliphatic hydroxyl groups excluding tert-OH is 1. The third-order valence-corrected chi connectivity index (χ3v) is 1.84. The SMILES string of the molecule is N#Cc1cnc(CO)c([N+](=O)[O-])c1C(F)F. The number of nitriles is 1. The van der Waals surface area contributed by atoms with Gasteiger partial charge in [-0.2, -0.15) is 5.26 Å². The zero-order valence-corrected chi connectivity index (χ0v) is 7.72. The molecule has 0 saturated carbocycles. The fraction of sp³-hybridized carbons (Fsp3) is 0.250. The molecule has 0 unspecified atom stereocenters. The van der Waals surface area contributed by atoms with E-state index in [1.165, 1.54) is 6.07 Å². The number of aromatic nitrogens is 1. The highest BCUT2D eigenvalue weighted by molar-refractivity contribution is 5.53. The summed E-state index contributed by atoms with van der Waals surface area (Å²) in [4.78, 5) is 12.9. The molecule has 0 fully saturated rings. The average molecular weight is 229 g/mol. The Morgan fingerprint density at radius 3 is 2.69 bits per heavy atom. The summed E-state index contributed by atoms with van der Waals surface area (Å²) in [6.07, 6.45) is -2.40. The third kappa shape index (κ3) is 1.94. The molecular weight excluding hydrogens is 224 g/mol. The minimum atomic E-state index is -3.18. The minimum absolute atomic E-state index is 0.487. The van der Waals surface area contributed by atoms with Crippen LogP contribution in [0.15, 0.2) is 6.20 Å². The molecule has 0 amide bonds. The van der Waals surface area contributed by atoms with Crippen molar-refractivity contribution in [2.24, 2.45) is 0 Å². The van der Waals surface area contributed by atoms with Crippen molar-refractivity contribution >= 4 is 5.69 Å². The van der Waals surface area contributed by atoms with Gasteiger partial charge < -0.3 is 5.11 Å². The van der Waals surface area contributed by atoms with Crippen LogP contribution in [0, 0.1) is 21.4 Å². The topological polar surface area (TPSA) is 100 Å². The van der Waals surface area contributed by atoms with E-state index in [1.807, 2.05) is 0 Å². The predicted octanol–water partition coefficient (Wildman–Crippen LogP) is 1.29. The first kappa shape index (κ1) is 11.9. The van der Waals surface area contributed by atoms with Gasteiger partial charge in [0.1, 0.15) is 17.3 Å². The maximum Gasteiger partial charge on any atom is 0.303 e. The Morgan fingerprint density at radius 1 is 1.69 bits per heavy atom. The first-order chi connectivity index (χ1) is 7.52. The maximum atomic E-state index is 12.6. The molecular formula is C8H5F2N3O3. The van der Waals surface area contributed by atoms with Gasteiger partial charge in [-0.3, -0.25) is 15.1 Å². The molecule has 0 aliphatic rings. The Balaban J connectivity index is 3.61. The van der Waals surface area contributed by atoms with E-state index in [2.05, 4.69) is 4.98 Å². The Hall–Kier alpha value is -2.14. The molecule has 0 aliphatic heterocycles. The van der Waals surface area contributed by atoms with Crippen molar-refractivity contribution in [1.29, 1.82) is 5.26 Å². The second kappa shape index (κ2) is 4.59. The number of alkyl halides is 2. The second-order valence-electron chi connectivity index (χ2n) is 2.71. The molecule has 84 valence electrons. The molecule has 0 aliphatic carbocycles. The van der Waals surface area contributed by atoms with Gasteiger partial charge >= 0.3 is 5.69 Å². The number of nitrogens with zero attached hydrogens (tertiary/aromatic N) is 3. The lowest BCUT2D eigenvalue weighted by molar-refractivity contribution is -0.387. The van der Waals surface area contributed by atoms with Crippen LogP contribution in [0.4, 0.5) is 14.5 Å². The van der Waals surface area contributed by atoms with E-state index >= 15 is 0 Å². The standard InChI is InChI=1S/C8H5F2N3O3/c9-8(10)6-4(1-11)2-12-5(3-14)7(6)13(15)16/h2,8,14H,3H2. The molecule has 0 spiro atoms. The van der Waals surface area contributed by atoms with E-state index in [9.17, 15) is 18.9 Å². The maximum absolute atomic E-state index is 12.6. The largest absolute Gasteiger partial charge is 0.390 e. The van der Waals surface area contributed by atoms with Crippen LogP contribution >= 0.6 is 0 Å². The smallest absolute Gasteiger partial charge is 0.303 e. The fourth-order valence-corrected chi connectivity index (χ4v) is 1.19. The Labute approximate surface area is 87.9 Å². The second-order valence-corrected chi connectivity index (χ2v) is 2.71. The van der Waals surface area contributed by atoms with Gasteiger partial charge in [0.05, 0.1) is 17.1 Å². The molecule has 1 aromatic heterocycles. The lowest BCUT2D eigenvalue weighted by Crippen LogP contribution is -2.06. The van der Waals surface area contributed by atoms with Crippen molar-refractivity contribution in [2.75, 3.05) is 0 Å². The first-order valence-electron chi connectivity index (χ1n) is 3.98. The van der Waals surface area contributed by atoms with Gasteiger partial charge in [0.15, 0.2) is 0 Å². The van der Waals surface area contributed by atoms with Gasteiger partial charge in [0.25, 0.3) is 6.43 Å². The zero-order valence-electron chi connectivity index (χ0n) is 7.72. The summed E-state index contributed by atoms with van der Waals surface area (Å²) in [5.41, 5.74) is -3.07. The van der Waals surface area contributed by atoms with Crippen LogP contribution < -0.4 is 0 Å². The molecule has 8 heteroatoms. The van der Waals surface area contributed by atoms with Gasteiger partial charge in [-0.25, -0.2) is 8.78 Å². The van der Waals surface area contributed by atoms with Crippen LogP contribution in [0.3, 0.4) is 0 Å². The number of nitro groups is 1. The minimum Gasteiger partial charge on any atom is -0.390 e. The highest BCUT2D eigenvalue weighted by Crippen LogP contribution is 2.33. The van der Waals surface area contributed by atoms with Crippen molar-refractivity contribution in [1.82, 2.24) is 4.98 Å². The molecule has 0 radical (unpaired) electrons. The lowest BCUT2D eigenvalue weighted by Gasteiger charge is -2.06. The number of pyridine rings is 1. The molecule has 6 nitrogen and oxygen atoms in total. The molecule has 16 heavy (non-hydrogen) atoms. The van der Waals surface area contributed by atoms with E-state index in [0.29, 0.717) is 0 Å². The van der Waals surface area contributed by atoms with E-state index in [-0.39, 0.29) is 0 Å². The van der Waals surface area contributed by atoms with E-state index in [1.54, 1.807) is 0 Å². The summed E-state index contributed by atoms with van der Waals surface area (Å²) < 4.78 is 25.2. The number of hydrogen-bond donors (Lipinski definition) is 1. The summed E-state index contributed by atoms with van der Waals surface area (Å²) >= 11 is 0. The molecule has 1 aromatic rings. The molecule has 0 atom stereocenters. The van der Waals surface area contributed by atoms with Crippen LogP contribution in [0.1, 0.15) is 23.2 Å². The molecule has 0 aromatic carbocycles. The third-order valence-electron chi connectivity index (χ3n) is 1.84. The average Bonchev–Trinajstić information content (AvgIpc) is 2.26. The summed E-state index contributed by atoms with van der Waals surface area (Å²) in [6.45, 7) is -0.845. The molecule has 1 rings (SSSR count). The summed E-state index contributed by atoms with van der Waals surface area (Å²) in [5.74, 6) is 0. The molecule has 1 N–H and O–H groups in total. The summed E-state index contributed by atoms with van der Waals surface area (Å²) in [5, 5.41) is 27.9. The van der Waals surface area contributed by atoms with Crippen LogP contribution in [-0.4, -0.2) is 15.0 Å². The fourth-order valence-electron chi connectivity index (χ4n) is 1.19. The van der Waals surface area contributed by atoms with Crippen molar-refractivity contribution in [3.63, 3.8) is 0 Å². The van der Waals surface area contributed by atoms with E-state index < -0.39 is 40.5 Å². The van der Waals surface area contributed by atoms with Crippen LogP contribution in [0.2, 0.25) is 0 Å². The number of aliphatic hydroxyl groups is 1. The first-order valence-corrected chi connectivity index (χ1v) is 3.98. The Morgan fingerprint density at radius 2 is 2.31 bits per heavy atom. The van der Waals surface area contributed by atoms with E-state index in [0.717, 1.165) is 6.20 Å². The molecule has 0 bridgehead atoms. The number of halogens is 2. The Bertz CT molecular complexity index is 470. The molecule has 1 heterocycles.